The van der Waals surface area contributed by atoms with Gasteiger partial charge in [0.15, 0.2) is 0 Å². The van der Waals surface area contributed by atoms with E-state index in [2.05, 4.69) is 5.10 Å². The van der Waals surface area contributed by atoms with Crippen LogP contribution in [0.2, 0.25) is 5.15 Å². The minimum Gasteiger partial charge on any atom is -0.395 e. The number of aliphatic hydroxyl groups is 1. The summed E-state index contributed by atoms with van der Waals surface area (Å²) in [5, 5.41) is 13.0. The second-order valence-corrected chi connectivity index (χ2v) is 4.70. The van der Waals surface area contributed by atoms with Gasteiger partial charge in [0.05, 0.1) is 12.3 Å². The Morgan fingerprint density at radius 2 is 2.14 bits per heavy atom. The van der Waals surface area contributed by atoms with Gasteiger partial charge in [-0.25, -0.2) is 0 Å². The lowest BCUT2D eigenvalue weighted by atomic mass is 10.2. The molecule has 1 aromatic rings. The van der Waals surface area contributed by atoms with E-state index >= 15 is 0 Å². The third-order valence-corrected chi connectivity index (χ3v) is 3.09. The van der Waals surface area contributed by atoms with Crippen LogP contribution in [0, 0.1) is 6.92 Å². The van der Waals surface area contributed by atoms with Crippen molar-refractivity contribution in [3.05, 3.63) is 22.5 Å². The maximum absolute atomic E-state index is 12.4. The van der Waals surface area contributed by atoms with Crippen molar-refractivity contribution in [1.29, 1.82) is 0 Å². The summed E-state index contributed by atoms with van der Waals surface area (Å²) in [5.41, 5.74) is 1.01. The van der Waals surface area contributed by atoms with Gasteiger partial charge in [-0.3, -0.25) is 9.48 Å². The normalized spacial score (nSPS) is 12.1. The first-order valence-electron chi connectivity index (χ1n) is 5.99. The zero-order valence-electron chi connectivity index (χ0n) is 11.5. The summed E-state index contributed by atoms with van der Waals surface area (Å²) in [6.07, 6.45) is -2.23. The Hall–Kier alpha value is -1.54. The first kappa shape index (κ1) is 17.5. The van der Waals surface area contributed by atoms with Crippen LogP contribution in [0.5, 0.6) is 0 Å². The third kappa shape index (κ3) is 5.05. The average Bonchev–Trinajstić information content (AvgIpc) is 2.59. The standard InChI is InChI=1S/C12H15ClF3N3O2/c1-8-9(11(13)18(2)17-8)3-4-10(21)19(5-6-20)7-12(14,15)16/h3-4,20H,5-7H2,1-2H3/b4-3+. The number of carbonyl (C=O) groups is 1. The molecule has 0 bridgehead atoms. The van der Waals surface area contributed by atoms with E-state index in [0.717, 1.165) is 6.08 Å². The van der Waals surface area contributed by atoms with Gasteiger partial charge in [-0.15, -0.1) is 0 Å². The predicted octanol–water partition coefficient (Wildman–Crippen LogP) is 1.78. The van der Waals surface area contributed by atoms with Gasteiger partial charge in [-0.05, 0) is 13.0 Å². The van der Waals surface area contributed by atoms with Crippen molar-refractivity contribution in [3.63, 3.8) is 0 Å². The summed E-state index contributed by atoms with van der Waals surface area (Å²) in [6.45, 7) is -0.710. The van der Waals surface area contributed by atoms with Gasteiger partial charge in [-0.1, -0.05) is 11.6 Å². The number of hydrogen-bond acceptors (Lipinski definition) is 3. The van der Waals surface area contributed by atoms with Crippen LogP contribution in [0.4, 0.5) is 13.2 Å². The van der Waals surface area contributed by atoms with Gasteiger partial charge in [0.2, 0.25) is 5.91 Å². The smallest absolute Gasteiger partial charge is 0.395 e. The SMILES string of the molecule is Cc1nn(C)c(Cl)c1/C=C/C(=O)N(CCO)CC(F)(F)F. The van der Waals surface area contributed by atoms with Gasteiger partial charge >= 0.3 is 6.18 Å². The number of aromatic nitrogens is 2. The van der Waals surface area contributed by atoms with Crippen molar-refractivity contribution in [3.8, 4) is 0 Å². The number of halogens is 4. The quantitative estimate of drug-likeness (QED) is 0.840. The number of amides is 1. The van der Waals surface area contributed by atoms with Crippen molar-refractivity contribution in [2.24, 2.45) is 7.05 Å². The predicted molar refractivity (Wildman–Crippen MR) is 71.7 cm³/mol. The maximum Gasteiger partial charge on any atom is 0.406 e. The van der Waals surface area contributed by atoms with Gasteiger partial charge in [-0.2, -0.15) is 18.3 Å². The number of hydrogen-bond donors (Lipinski definition) is 1. The molecule has 1 heterocycles. The first-order valence-corrected chi connectivity index (χ1v) is 6.37. The maximum atomic E-state index is 12.4. The number of carbonyl (C=O) groups excluding carboxylic acids is 1. The Bertz CT molecular complexity index is 541. The molecule has 0 atom stereocenters. The lowest BCUT2D eigenvalue weighted by Crippen LogP contribution is -2.39. The lowest BCUT2D eigenvalue weighted by molar-refractivity contribution is -0.158. The van der Waals surface area contributed by atoms with E-state index in [-0.39, 0.29) is 5.15 Å². The highest BCUT2D eigenvalue weighted by molar-refractivity contribution is 6.31. The van der Waals surface area contributed by atoms with Gasteiger partial charge < -0.3 is 10.0 Å². The van der Waals surface area contributed by atoms with Crippen LogP contribution in [0.1, 0.15) is 11.3 Å². The van der Waals surface area contributed by atoms with Crippen LogP contribution < -0.4 is 0 Å². The fraction of sp³-hybridized carbons (Fsp3) is 0.500. The molecule has 118 valence electrons. The molecule has 0 saturated heterocycles. The molecule has 0 aliphatic carbocycles. The molecule has 5 nitrogen and oxygen atoms in total. The first-order chi connectivity index (χ1) is 9.65. The van der Waals surface area contributed by atoms with E-state index in [0.29, 0.717) is 16.2 Å². The van der Waals surface area contributed by atoms with Crippen molar-refractivity contribution in [1.82, 2.24) is 14.7 Å². The number of alkyl halides is 3. The van der Waals surface area contributed by atoms with Crippen LogP contribution in [-0.4, -0.2) is 51.6 Å². The summed E-state index contributed by atoms with van der Waals surface area (Å²) >= 11 is 5.95. The van der Waals surface area contributed by atoms with Crippen molar-refractivity contribution >= 4 is 23.6 Å². The molecule has 0 fully saturated rings. The molecule has 1 amide bonds. The molecule has 0 radical (unpaired) electrons. The molecule has 1 rings (SSSR count). The average molecular weight is 326 g/mol. The second-order valence-electron chi connectivity index (χ2n) is 4.35. The summed E-state index contributed by atoms with van der Waals surface area (Å²) in [5.74, 6) is -0.860. The van der Waals surface area contributed by atoms with E-state index in [9.17, 15) is 18.0 Å². The molecular weight excluding hydrogens is 311 g/mol. The molecule has 0 aromatic carbocycles. The highest BCUT2D eigenvalue weighted by Crippen LogP contribution is 2.21. The van der Waals surface area contributed by atoms with Gasteiger partial charge in [0, 0.05) is 25.2 Å². The molecule has 21 heavy (non-hydrogen) atoms. The molecular formula is C12H15ClF3N3O2. The Balaban J connectivity index is 2.88. The van der Waals surface area contributed by atoms with E-state index < -0.39 is 31.8 Å². The number of rotatable bonds is 5. The third-order valence-electron chi connectivity index (χ3n) is 2.64. The summed E-state index contributed by atoms with van der Waals surface area (Å²) in [7, 11) is 1.61. The topological polar surface area (TPSA) is 58.4 Å². The van der Waals surface area contributed by atoms with Crippen LogP contribution >= 0.6 is 11.6 Å². The Labute approximate surface area is 124 Å². The molecule has 0 aliphatic heterocycles. The summed E-state index contributed by atoms with van der Waals surface area (Å²) < 4.78 is 38.4. The fourth-order valence-corrected chi connectivity index (χ4v) is 1.94. The second kappa shape index (κ2) is 6.95. The Kier molecular flexibility index (Phi) is 5.79. The van der Waals surface area contributed by atoms with Gasteiger partial charge in [0.25, 0.3) is 0 Å². The van der Waals surface area contributed by atoms with E-state index in [4.69, 9.17) is 16.7 Å². The van der Waals surface area contributed by atoms with Crippen LogP contribution in [0.15, 0.2) is 6.08 Å². The highest BCUT2D eigenvalue weighted by atomic mass is 35.5. The fourth-order valence-electron chi connectivity index (χ4n) is 1.70. The van der Waals surface area contributed by atoms with Crippen LogP contribution in [0.25, 0.3) is 6.08 Å². The van der Waals surface area contributed by atoms with E-state index in [1.807, 2.05) is 0 Å². The van der Waals surface area contributed by atoms with E-state index in [1.54, 1.807) is 14.0 Å². The zero-order chi connectivity index (χ0) is 16.2. The van der Waals surface area contributed by atoms with Crippen molar-refractivity contribution < 1.29 is 23.1 Å². The molecule has 9 heteroatoms. The Morgan fingerprint density at radius 3 is 2.57 bits per heavy atom. The molecule has 0 unspecified atom stereocenters. The molecule has 0 aliphatic rings. The van der Waals surface area contributed by atoms with Crippen molar-refractivity contribution in [2.45, 2.75) is 13.1 Å². The van der Waals surface area contributed by atoms with Gasteiger partial charge in [0.1, 0.15) is 11.7 Å². The zero-order valence-corrected chi connectivity index (χ0v) is 12.2. The van der Waals surface area contributed by atoms with Crippen LogP contribution in [-0.2, 0) is 11.8 Å². The Morgan fingerprint density at radius 1 is 1.52 bits per heavy atom. The molecule has 1 N–H and O–H groups in total. The minimum absolute atomic E-state index is 0.279. The van der Waals surface area contributed by atoms with Crippen molar-refractivity contribution in [2.75, 3.05) is 19.7 Å². The largest absolute Gasteiger partial charge is 0.406 e. The number of aliphatic hydroxyl groups excluding tert-OH is 1. The minimum atomic E-state index is -4.53. The molecule has 0 spiro atoms. The molecule has 1 aromatic heterocycles. The van der Waals surface area contributed by atoms with E-state index in [1.165, 1.54) is 10.8 Å². The summed E-state index contributed by atoms with van der Waals surface area (Å²) in [4.78, 5) is 12.3. The lowest BCUT2D eigenvalue weighted by Gasteiger charge is -2.21. The molecule has 0 saturated carbocycles. The monoisotopic (exact) mass is 325 g/mol. The number of nitrogens with zero attached hydrogens (tertiary/aromatic N) is 3. The highest BCUT2D eigenvalue weighted by Gasteiger charge is 2.32. The summed E-state index contributed by atoms with van der Waals surface area (Å²) in [6, 6.07) is 0. The number of aryl methyl sites for hydroxylation is 2. The van der Waals surface area contributed by atoms with Crippen LogP contribution in [0.3, 0.4) is 0 Å².